The Bertz CT molecular complexity index is 403. The van der Waals surface area contributed by atoms with E-state index in [0.29, 0.717) is 10.7 Å². The average Bonchev–Trinajstić information content (AvgIpc) is 2.31. The number of halogens is 1. The molecule has 0 radical (unpaired) electrons. The second-order valence-corrected chi connectivity index (χ2v) is 4.18. The maximum absolute atomic E-state index is 11.5. The fourth-order valence-corrected chi connectivity index (χ4v) is 1.24. The van der Waals surface area contributed by atoms with Crippen LogP contribution in [0.15, 0.2) is 24.3 Å². The fraction of sp³-hybridized carbons (Fsp3) is 0.333. The molecule has 2 amide bonds. The van der Waals surface area contributed by atoms with Gasteiger partial charge in [-0.05, 0) is 37.6 Å². The molecule has 0 aliphatic heterocycles. The third kappa shape index (κ3) is 4.44. The first kappa shape index (κ1) is 13.5. The quantitative estimate of drug-likeness (QED) is 0.813. The minimum atomic E-state index is -0.673. The van der Waals surface area contributed by atoms with Crippen molar-refractivity contribution in [1.82, 2.24) is 5.32 Å². The molecule has 1 atom stereocenters. The van der Waals surface area contributed by atoms with Crippen LogP contribution in [0.2, 0.25) is 5.02 Å². The number of rotatable bonds is 3. The molecule has 1 rings (SSSR count). The van der Waals surface area contributed by atoms with Crippen molar-refractivity contribution in [2.45, 2.75) is 26.3 Å². The topological polar surface area (TPSA) is 58.2 Å². The number of anilines is 1. The highest BCUT2D eigenvalue weighted by atomic mass is 35.5. The highest BCUT2D eigenvalue weighted by Crippen LogP contribution is 2.13. The van der Waals surface area contributed by atoms with E-state index < -0.39 is 11.8 Å². The summed E-state index contributed by atoms with van der Waals surface area (Å²) in [6.45, 7) is 3.77. The van der Waals surface area contributed by atoms with Gasteiger partial charge in [0.15, 0.2) is 0 Å². The second-order valence-electron chi connectivity index (χ2n) is 3.74. The predicted octanol–water partition coefficient (Wildman–Crippen LogP) is 2.19. The van der Waals surface area contributed by atoms with E-state index in [2.05, 4.69) is 10.6 Å². The van der Waals surface area contributed by atoms with Gasteiger partial charge < -0.3 is 10.6 Å². The van der Waals surface area contributed by atoms with Gasteiger partial charge in [-0.25, -0.2) is 0 Å². The van der Waals surface area contributed by atoms with Gasteiger partial charge in [0.25, 0.3) is 0 Å². The Hall–Kier alpha value is -1.55. The van der Waals surface area contributed by atoms with Crippen molar-refractivity contribution in [3.05, 3.63) is 29.3 Å². The largest absolute Gasteiger partial charge is 0.345 e. The molecule has 17 heavy (non-hydrogen) atoms. The molecule has 0 bridgehead atoms. The standard InChI is InChI=1S/C12H15ClN2O2/c1-3-8(2)14-11(16)12(17)15-10-6-4-9(13)5-7-10/h4-8H,3H2,1-2H3,(H,14,16)(H,15,17)/t8-/m1/s1. The molecular formula is C12H15ClN2O2. The lowest BCUT2D eigenvalue weighted by atomic mass is 10.2. The van der Waals surface area contributed by atoms with Crippen LogP contribution < -0.4 is 10.6 Å². The predicted molar refractivity (Wildman–Crippen MR) is 68.0 cm³/mol. The number of amides is 2. The molecule has 1 aromatic rings. The molecule has 0 saturated carbocycles. The lowest BCUT2D eigenvalue weighted by Crippen LogP contribution is -2.40. The molecule has 0 heterocycles. The molecule has 2 N–H and O–H groups in total. The number of hydrogen-bond donors (Lipinski definition) is 2. The molecular weight excluding hydrogens is 240 g/mol. The van der Waals surface area contributed by atoms with Gasteiger partial charge in [0.05, 0.1) is 0 Å². The summed E-state index contributed by atoms with van der Waals surface area (Å²) in [6, 6.07) is 6.54. The third-order valence-electron chi connectivity index (χ3n) is 2.30. The summed E-state index contributed by atoms with van der Waals surface area (Å²) in [5, 5.41) is 5.65. The van der Waals surface area contributed by atoms with Crippen LogP contribution in [0.5, 0.6) is 0 Å². The smallest absolute Gasteiger partial charge is 0.313 e. The Morgan fingerprint density at radius 3 is 2.35 bits per heavy atom. The first-order valence-electron chi connectivity index (χ1n) is 5.40. The molecule has 4 nitrogen and oxygen atoms in total. The zero-order valence-corrected chi connectivity index (χ0v) is 10.5. The first-order valence-corrected chi connectivity index (χ1v) is 5.78. The van der Waals surface area contributed by atoms with Gasteiger partial charge >= 0.3 is 11.8 Å². The van der Waals surface area contributed by atoms with Gasteiger partial charge in [-0.2, -0.15) is 0 Å². The van der Waals surface area contributed by atoms with Gasteiger partial charge in [0, 0.05) is 16.8 Å². The molecule has 0 saturated heterocycles. The highest BCUT2D eigenvalue weighted by molar-refractivity contribution is 6.39. The lowest BCUT2D eigenvalue weighted by molar-refractivity contribution is -0.136. The molecule has 5 heteroatoms. The van der Waals surface area contributed by atoms with Gasteiger partial charge in [0.1, 0.15) is 0 Å². The number of carbonyl (C=O) groups is 2. The summed E-state index contributed by atoms with van der Waals surface area (Å²) in [4.78, 5) is 22.9. The molecule has 0 spiro atoms. The number of nitrogens with one attached hydrogen (secondary N) is 2. The van der Waals surface area contributed by atoms with E-state index in [1.807, 2.05) is 13.8 Å². The molecule has 0 fully saturated rings. The van der Waals surface area contributed by atoms with Crippen LogP contribution in [0.25, 0.3) is 0 Å². The minimum absolute atomic E-state index is 0.0153. The number of benzene rings is 1. The van der Waals surface area contributed by atoms with Crippen molar-refractivity contribution in [2.75, 3.05) is 5.32 Å². The van der Waals surface area contributed by atoms with E-state index in [4.69, 9.17) is 11.6 Å². The van der Waals surface area contributed by atoms with Crippen LogP contribution in [0.1, 0.15) is 20.3 Å². The van der Waals surface area contributed by atoms with E-state index in [1.54, 1.807) is 24.3 Å². The van der Waals surface area contributed by atoms with Crippen molar-refractivity contribution >= 4 is 29.1 Å². The summed E-state index contributed by atoms with van der Waals surface area (Å²) in [6.07, 6.45) is 0.778. The van der Waals surface area contributed by atoms with E-state index in [0.717, 1.165) is 6.42 Å². The van der Waals surface area contributed by atoms with E-state index in [-0.39, 0.29) is 6.04 Å². The summed E-state index contributed by atoms with van der Waals surface area (Å²) >= 11 is 5.71. The lowest BCUT2D eigenvalue weighted by Gasteiger charge is -2.11. The maximum Gasteiger partial charge on any atom is 0.313 e. The summed E-state index contributed by atoms with van der Waals surface area (Å²) in [5.74, 6) is -1.30. The van der Waals surface area contributed by atoms with E-state index in [1.165, 1.54) is 0 Å². The molecule has 92 valence electrons. The summed E-state index contributed by atoms with van der Waals surface area (Å²) in [5.41, 5.74) is 0.540. The summed E-state index contributed by atoms with van der Waals surface area (Å²) < 4.78 is 0. The van der Waals surface area contributed by atoms with E-state index >= 15 is 0 Å². The van der Waals surface area contributed by atoms with Crippen molar-refractivity contribution in [3.63, 3.8) is 0 Å². The zero-order chi connectivity index (χ0) is 12.8. The maximum atomic E-state index is 11.5. The van der Waals surface area contributed by atoms with E-state index in [9.17, 15) is 9.59 Å². The Kier molecular flexibility index (Phi) is 4.97. The summed E-state index contributed by atoms with van der Waals surface area (Å²) in [7, 11) is 0. The Balaban J connectivity index is 2.54. The average molecular weight is 255 g/mol. The first-order chi connectivity index (χ1) is 8.02. The molecule has 0 aromatic heterocycles. The van der Waals surface area contributed by atoms with Gasteiger partial charge in [-0.15, -0.1) is 0 Å². The van der Waals surface area contributed by atoms with Crippen LogP contribution in [-0.2, 0) is 9.59 Å². The molecule has 1 aromatic carbocycles. The van der Waals surface area contributed by atoms with Crippen molar-refractivity contribution in [2.24, 2.45) is 0 Å². The van der Waals surface area contributed by atoms with Crippen molar-refractivity contribution in [3.8, 4) is 0 Å². The monoisotopic (exact) mass is 254 g/mol. The van der Waals surface area contributed by atoms with Gasteiger partial charge in [0.2, 0.25) is 0 Å². The molecule has 0 unspecified atom stereocenters. The van der Waals surface area contributed by atoms with Crippen LogP contribution in [-0.4, -0.2) is 17.9 Å². The third-order valence-corrected chi connectivity index (χ3v) is 2.55. The SMILES string of the molecule is CC[C@@H](C)NC(=O)C(=O)Nc1ccc(Cl)cc1. The zero-order valence-electron chi connectivity index (χ0n) is 9.79. The van der Waals surface area contributed by atoms with Gasteiger partial charge in [-0.1, -0.05) is 18.5 Å². The number of carbonyl (C=O) groups excluding carboxylic acids is 2. The minimum Gasteiger partial charge on any atom is -0.345 e. The molecule has 0 aliphatic rings. The normalized spacial score (nSPS) is 11.7. The molecule has 0 aliphatic carbocycles. The van der Waals surface area contributed by atoms with Gasteiger partial charge in [-0.3, -0.25) is 9.59 Å². The van der Waals surface area contributed by atoms with Crippen LogP contribution in [0.4, 0.5) is 5.69 Å². The van der Waals surface area contributed by atoms with Crippen LogP contribution in [0.3, 0.4) is 0 Å². The Labute approximate surface area is 105 Å². The second kappa shape index (κ2) is 6.25. The van der Waals surface area contributed by atoms with Crippen molar-refractivity contribution in [1.29, 1.82) is 0 Å². The van der Waals surface area contributed by atoms with Crippen molar-refractivity contribution < 1.29 is 9.59 Å². The van der Waals surface area contributed by atoms with Crippen LogP contribution in [0, 0.1) is 0 Å². The number of hydrogen-bond acceptors (Lipinski definition) is 2. The Morgan fingerprint density at radius 2 is 1.82 bits per heavy atom. The highest BCUT2D eigenvalue weighted by Gasteiger charge is 2.15. The Morgan fingerprint density at radius 1 is 1.24 bits per heavy atom. The van der Waals surface area contributed by atoms with Crippen LogP contribution >= 0.6 is 11.6 Å². The fourth-order valence-electron chi connectivity index (χ4n) is 1.11.